The third-order valence-corrected chi connectivity index (χ3v) is 8.34. The van der Waals surface area contributed by atoms with Crippen LogP contribution in [-0.4, -0.2) is 21.3 Å². The molecule has 168 valence electrons. The Morgan fingerprint density at radius 2 is 1.61 bits per heavy atom. The van der Waals surface area contributed by atoms with Crippen molar-refractivity contribution in [3.63, 3.8) is 0 Å². The Balaban J connectivity index is 1.87. The zero-order valence-electron chi connectivity index (χ0n) is 17.4. The van der Waals surface area contributed by atoms with Gasteiger partial charge in [-0.05, 0) is 48.5 Å². The highest BCUT2D eigenvalue weighted by molar-refractivity contribution is 7.92. The number of ether oxygens (including phenoxy) is 1. The maximum absolute atomic E-state index is 13.5. The molecule has 0 saturated carbocycles. The number of hydrogen-bond acceptors (Lipinski definition) is 7. The van der Waals surface area contributed by atoms with Crippen LogP contribution in [0.2, 0.25) is 5.02 Å². The molecule has 6 nitrogen and oxygen atoms in total. The number of ketones is 1. The Morgan fingerprint density at radius 3 is 2.24 bits per heavy atom. The molecular weight excluding hydrogens is 480 g/mol. The number of rotatable bonds is 7. The summed E-state index contributed by atoms with van der Waals surface area (Å²) in [7, 11) is -2.50. The Kier molecular flexibility index (Phi) is 6.42. The molecule has 0 saturated heterocycles. The van der Waals surface area contributed by atoms with Gasteiger partial charge in [0.15, 0.2) is 0 Å². The molecule has 1 aromatic heterocycles. The first-order chi connectivity index (χ1) is 15.8. The lowest BCUT2D eigenvalue weighted by Gasteiger charge is -2.10. The van der Waals surface area contributed by atoms with E-state index in [4.69, 9.17) is 22.1 Å². The van der Waals surface area contributed by atoms with Gasteiger partial charge < -0.3 is 15.8 Å². The summed E-state index contributed by atoms with van der Waals surface area (Å²) < 4.78 is 32.2. The number of carbonyl (C=O) groups excluding carboxylic acids is 1. The summed E-state index contributed by atoms with van der Waals surface area (Å²) in [5.41, 5.74) is 7.07. The summed E-state index contributed by atoms with van der Waals surface area (Å²) in [5, 5.41) is 3.67. The molecule has 0 aliphatic carbocycles. The van der Waals surface area contributed by atoms with Crippen molar-refractivity contribution in [2.24, 2.45) is 0 Å². The van der Waals surface area contributed by atoms with Gasteiger partial charge in [0, 0.05) is 5.56 Å². The van der Waals surface area contributed by atoms with Crippen LogP contribution < -0.4 is 15.8 Å². The normalized spacial score (nSPS) is 11.2. The molecule has 0 unspecified atom stereocenters. The summed E-state index contributed by atoms with van der Waals surface area (Å²) in [6.07, 6.45) is 0. The molecule has 1 heterocycles. The standard InChI is InChI=1S/C24H19ClN2O4S2/c1-31-16-13-11-15(12-14-16)21(28)22-20(26)23(33(29,30)17-7-3-2-4-8-17)24(32-22)27-19-10-6-5-9-18(19)25/h2-14,27H,26H2,1H3. The summed E-state index contributed by atoms with van der Waals surface area (Å²) in [6.45, 7) is 0. The van der Waals surface area contributed by atoms with Crippen LogP contribution in [0.1, 0.15) is 15.2 Å². The fraction of sp³-hybridized carbons (Fsp3) is 0.0417. The number of benzene rings is 3. The van der Waals surface area contributed by atoms with Crippen molar-refractivity contribution >= 4 is 54.9 Å². The lowest BCUT2D eigenvalue weighted by atomic mass is 10.1. The average molecular weight is 499 g/mol. The molecule has 0 fully saturated rings. The van der Waals surface area contributed by atoms with Crippen LogP contribution >= 0.6 is 22.9 Å². The third kappa shape index (κ3) is 4.45. The number of nitrogens with one attached hydrogen (secondary N) is 1. The van der Waals surface area contributed by atoms with Crippen LogP contribution in [0.5, 0.6) is 5.75 Å². The topological polar surface area (TPSA) is 98.5 Å². The number of nitrogens with two attached hydrogens (primary N) is 1. The van der Waals surface area contributed by atoms with Gasteiger partial charge in [-0.15, -0.1) is 11.3 Å². The number of hydrogen-bond donors (Lipinski definition) is 2. The highest BCUT2D eigenvalue weighted by Gasteiger charge is 2.31. The molecule has 4 rings (SSSR count). The molecule has 0 aliphatic heterocycles. The van der Waals surface area contributed by atoms with E-state index in [-0.39, 0.29) is 25.4 Å². The van der Waals surface area contributed by atoms with E-state index in [1.54, 1.807) is 66.7 Å². The van der Waals surface area contributed by atoms with Crippen LogP contribution in [0.25, 0.3) is 0 Å². The minimum atomic E-state index is -4.03. The molecule has 0 spiro atoms. The predicted octanol–water partition coefficient (Wildman–Crippen LogP) is 5.80. The fourth-order valence-electron chi connectivity index (χ4n) is 3.22. The maximum Gasteiger partial charge on any atom is 0.211 e. The number of methoxy groups -OCH3 is 1. The number of sulfone groups is 1. The summed E-state index contributed by atoms with van der Waals surface area (Å²) >= 11 is 7.24. The Morgan fingerprint density at radius 1 is 0.970 bits per heavy atom. The number of para-hydroxylation sites is 1. The number of nitrogen functional groups attached to an aromatic ring is 1. The molecule has 0 bridgehead atoms. The zero-order valence-corrected chi connectivity index (χ0v) is 19.8. The van der Waals surface area contributed by atoms with Crippen LogP contribution in [-0.2, 0) is 9.84 Å². The second-order valence-electron chi connectivity index (χ2n) is 6.98. The van der Waals surface area contributed by atoms with Gasteiger partial charge >= 0.3 is 0 Å². The van der Waals surface area contributed by atoms with Crippen molar-refractivity contribution < 1.29 is 17.9 Å². The van der Waals surface area contributed by atoms with E-state index in [0.29, 0.717) is 22.0 Å². The minimum Gasteiger partial charge on any atom is -0.497 e. The molecule has 0 atom stereocenters. The number of anilines is 3. The average Bonchev–Trinajstić information content (AvgIpc) is 3.17. The molecule has 0 radical (unpaired) electrons. The highest BCUT2D eigenvalue weighted by Crippen LogP contribution is 2.44. The second-order valence-corrected chi connectivity index (χ2v) is 10.3. The molecule has 3 aromatic carbocycles. The largest absolute Gasteiger partial charge is 0.497 e. The molecule has 4 aromatic rings. The van der Waals surface area contributed by atoms with E-state index in [2.05, 4.69) is 5.32 Å². The van der Waals surface area contributed by atoms with Gasteiger partial charge in [-0.25, -0.2) is 8.42 Å². The molecule has 0 amide bonds. The number of halogens is 1. The first-order valence-corrected chi connectivity index (χ1v) is 12.4. The SMILES string of the molecule is COc1ccc(C(=O)c2sc(Nc3ccccc3Cl)c(S(=O)(=O)c3ccccc3)c2N)cc1. The highest BCUT2D eigenvalue weighted by atomic mass is 35.5. The smallest absolute Gasteiger partial charge is 0.211 e. The third-order valence-electron chi connectivity index (χ3n) is 4.90. The van der Waals surface area contributed by atoms with Crippen molar-refractivity contribution in [3.05, 3.63) is 94.3 Å². The first kappa shape index (κ1) is 22.8. The van der Waals surface area contributed by atoms with E-state index in [9.17, 15) is 13.2 Å². The lowest BCUT2D eigenvalue weighted by Crippen LogP contribution is -2.08. The van der Waals surface area contributed by atoms with Gasteiger partial charge in [0.1, 0.15) is 20.5 Å². The lowest BCUT2D eigenvalue weighted by molar-refractivity contribution is 0.104. The quantitative estimate of drug-likeness (QED) is 0.312. The summed E-state index contributed by atoms with van der Waals surface area (Å²) in [6, 6.07) is 21.4. The van der Waals surface area contributed by atoms with Crippen LogP contribution in [0.15, 0.2) is 88.7 Å². The maximum atomic E-state index is 13.5. The van der Waals surface area contributed by atoms with Gasteiger partial charge in [-0.1, -0.05) is 41.9 Å². The van der Waals surface area contributed by atoms with Gasteiger partial charge in [0.2, 0.25) is 15.6 Å². The molecule has 9 heteroatoms. The molecule has 0 aliphatic rings. The first-order valence-electron chi connectivity index (χ1n) is 9.75. The van der Waals surface area contributed by atoms with Crippen molar-refractivity contribution in [2.45, 2.75) is 9.79 Å². The van der Waals surface area contributed by atoms with Gasteiger partial charge in [0.05, 0.1) is 28.4 Å². The van der Waals surface area contributed by atoms with Crippen molar-refractivity contribution in [1.82, 2.24) is 0 Å². The van der Waals surface area contributed by atoms with Crippen LogP contribution in [0.3, 0.4) is 0 Å². The Bertz CT molecular complexity index is 1420. The predicted molar refractivity (Wildman–Crippen MR) is 132 cm³/mol. The van der Waals surface area contributed by atoms with Gasteiger partial charge in [-0.2, -0.15) is 0 Å². The van der Waals surface area contributed by atoms with E-state index >= 15 is 0 Å². The Hall–Kier alpha value is -3.33. The monoisotopic (exact) mass is 498 g/mol. The Labute approximate surface area is 200 Å². The van der Waals surface area contributed by atoms with E-state index < -0.39 is 15.6 Å². The molecule has 3 N–H and O–H groups in total. The number of carbonyl (C=O) groups is 1. The minimum absolute atomic E-state index is 0.0696. The summed E-state index contributed by atoms with van der Waals surface area (Å²) in [5.74, 6) is 0.205. The van der Waals surface area contributed by atoms with Crippen molar-refractivity contribution in [1.29, 1.82) is 0 Å². The van der Waals surface area contributed by atoms with Crippen LogP contribution in [0, 0.1) is 0 Å². The van der Waals surface area contributed by atoms with Crippen molar-refractivity contribution in [2.75, 3.05) is 18.2 Å². The van der Waals surface area contributed by atoms with E-state index in [1.165, 1.54) is 19.2 Å². The van der Waals surface area contributed by atoms with Crippen LogP contribution in [0.4, 0.5) is 16.4 Å². The molecule has 33 heavy (non-hydrogen) atoms. The second kappa shape index (κ2) is 9.27. The van der Waals surface area contributed by atoms with E-state index in [1.807, 2.05) is 0 Å². The zero-order chi connectivity index (χ0) is 23.6. The van der Waals surface area contributed by atoms with Crippen molar-refractivity contribution in [3.8, 4) is 5.75 Å². The van der Waals surface area contributed by atoms with Gasteiger partial charge in [-0.3, -0.25) is 4.79 Å². The number of thiophene rings is 1. The summed E-state index contributed by atoms with van der Waals surface area (Å²) in [4.78, 5) is 13.3. The van der Waals surface area contributed by atoms with Gasteiger partial charge in [0.25, 0.3) is 0 Å². The fourth-order valence-corrected chi connectivity index (χ4v) is 6.35. The molecular formula is C24H19ClN2O4S2. The van der Waals surface area contributed by atoms with E-state index in [0.717, 1.165) is 11.3 Å².